The topological polar surface area (TPSA) is 53.6 Å². The summed E-state index contributed by atoms with van der Waals surface area (Å²) in [6.07, 6.45) is 1.88. The molecule has 2 heterocycles. The van der Waals surface area contributed by atoms with Crippen LogP contribution in [0.2, 0.25) is 0 Å². The first kappa shape index (κ1) is 13.8. The van der Waals surface area contributed by atoms with Crippen LogP contribution < -0.4 is 10.6 Å². The summed E-state index contributed by atoms with van der Waals surface area (Å²) in [5.74, 6) is 0.150. The van der Waals surface area contributed by atoms with Gasteiger partial charge in [0.15, 0.2) is 0 Å². The van der Waals surface area contributed by atoms with Gasteiger partial charge in [-0.15, -0.1) is 0 Å². The average Bonchev–Trinajstić information content (AvgIpc) is 2.33. The molecular weight excluding hydrogens is 230 g/mol. The normalized spacial score (nSPS) is 25.9. The van der Waals surface area contributed by atoms with Crippen molar-refractivity contribution in [2.45, 2.75) is 38.3 Å². The summed E-state index contributed by atoms with van der Waals surface area (Å²) in [6, 6.07) is 0.303. The minimum absolute atomic E-state index is 0.0608. The van der Waals surface area contributed by atoms with Gasteiger partial charge in [0.25, 0.3) is 0 Å². The molecule has 0 atom stereocenters. The summed E-state index contributed by atoms with van der Waals surface area (Å²) >= 11 is 0. The highest BCUT2D eigenvalue weighted by atomic mass is 16.5. The maximum absolute atomic E-state index is 12.1. The minimum Gasteiger partial charge on any atom is -0.381 e. The van der Waals surface area contributed by atoms with Crippen molar-refractivity contribution in [1.29, 1.82) is 0 Å². The second-order valence-electron chi connectivity index (χ2n) is 5.86. The molecule has 2 rings (SSSR count). The summed E-state index contributed by atoms with van der Waals surface area (Å²) < 4.78 is 5.29. The molecule has 0 aromatic heterocycles. The van der Waals surface area contributed by atoms with Crippen molar-refractivity contribution < 1.29 is 9.53 Å². The van der Waals surface area contributed by atoms with Crippen molar-refractivity contribution >= 4 is 5.91 Å². The zero-order chi connectivity index (χ0) is 13.0. The lowest BCUT2D eigenvalue weighted by Crippen LogP contribution is -2.60. The van der Waals surface area contributed by atoms with Gasteiger partial charge in [-0.2, -0.15) is 0 Å². The van der Waals surface area contributed by atoms with Crippen LogP contribution in [-0.2, 0) is 9.53 Å². The van der Waals surface area contributed by atoms with Gasteiger partial charge < -0.3 is 15.4 Å². The van der Waals surface area contributed by atoms with Gasteiger partial charge in [0.2, 0.25) is 5.91 Å². The summed E-state index contributed by atoms with van der Waals surface area (Å²) in [7, 11) is 0. The fourth-order valence-corrected chi connectivity index (χ4v) is 2.60. The van der Waals surface area contributed by atoms with Crippen molar-refractivity contribution in [2.24, 2.45) is 0 Å². The van der Waals surface area contributed by atoms with E-state index in [4.69, 9.17) is 4.74 Å². The Morgan fingerprint density at radius 1 is 1.44 bits per heavy atom. The van der Waals surface area contributed by atoms with E-state index in [2.05, 4.69) is 29.4 Å². The highest BCUT2D eigenvalue weighted by Crippen LogP contribution is 2.15. The lowest BCUT2D eigenvalue weighted by atomic mass is 10.00. The third kappa shape index (κ3) is 3.67. The first-order valence-electron chi connectivity index (χ1n) is 6.91. The lowest BCUT2D eigenvalue weighted by Gasteiger charge is -2.42. The number of carbonyl (C=O) groups is 1. The van der Waals surface area contributed by atoms with Gasteiger partial charge in [-0.3, -0.25) is 9.69 Å². The molecule has 104 valence electrons. The van der Waals surface area contributed by atoms with E-state index in [1.165, 1.54) is 0 Å². The Balaban J connectivity index is 1.79. The van der Waals surface area contributed by atoms with Gasteiger partial charge in [0.05, 0.1) is 6.54 Å². The standard InChI is InChI=1S/C13H25N3O2/c1-13(2)10-14-5-6-16(13)9-12(17)15-11-3-7-18-8-4-11/h11,14H,3-10H2,1-2H3,(H,15,17). The molecule has 0 aliphatic carbocycles. The van der Waals surface area contributed by atoms with E-state index in [0.29, 0.717) is 12.6 Å². The summed E-state index contributed by atoms with van der Waals surface area (Å²) in [4.78, 5) is 14.3. The van der Waals surface area contributed by atoms with Crippen LogP contribution in [0.3, 0.4) is 0 Å². The van der Waals surface area contributed by atoms with Gasteiger partial charge in [0, 0.05) is 44.4 Å². The van der Waals surface area contributed by atoms with Crippen LogP contribution in [0.25, 0.3) is 0 Å². The molecule has 5 heteroatoms. The Hall–Kier alpha value is -0.650. The maximum Gasteiger partial charge on any atom is 0.234 e. The van der Waals surface area contributed by atoms with Gasteiger partial charge in [-0.05, 0) is 26.7 Å². The molecule has 0 bridgehead atoms. The first-order chi connectivity index (χ1) is 8.58. The quantitative estimate of drug-likeness (QED) is 0.743. The zero-order valence-corrected chi connectivity index (χ0v) is 11.5. The van der Waals surface area contributed by atoms with E-state index >= 15 is 0 Å². The smallest absolute Gasteiger partial charge is 0.234 e. The van der Waals surface area contributed by atoms with Crippen molar-refractivity contribution in [3.63, 3.8) is 0 Å². The van der Waals surface area contributed by atoms with Gasteiger partial charge in [-0.1, -0.05) is 0 Å². The molecule has 18 heavy (non-hydrogen) atoms. The summed E-state index contributed by atoms with van der Waals surface area (Å²) in [6.45, 7) is 9.25. The van der Waals surface area contributed by atoms with Gasteiger partial charge in [-0.25, -0.2) is 0 Å². The molecule has 5 nitrogen and oxygen atoms in total. The molecule has 1 amide bonds. The van der Waals surface area contributed by atoms with Crippen molar-refractivity contribution in [2.75, 3.05) is 39.4 Å². The van der Waals surface area contributed by atoms with Crippen LogP contribution >= 0.6 is 0 Å². The average molecular weight is 255 g/mol. The highest BCUT2D eigenvalue weighted by molar-refractivity contribution is 5.78. The fourth-order valence-electron chi connectivity index (χ4n) is 2.60. The first-order valence-corrected chi connectivity index (χ1v) is 6.91. The molecule has 0 saturated carbocycles. The molecule has 2 N–H and O–H groups in total. The molecule has 2 fully saturated rings. The lowest BCUT2D eigenvalue weighted by molar-refractivity contribution is -0.125. The third-order valence-electron chi connectivity index (χ3n) is 3.89. The van der Waals surface area contributed by atoms with Crippen molar-refractivity contribution in [1.82, 2.24) is 15.5 Å². The number of hydrogen-bond donors (Lipinski definition) is 2. The Morgan fingerprint density at radius 3 is 2.83 bits per heavy atom. The van der Waals surface area contributed by atoms with Gasteiger partial charge >= 0.3 is 0 Å². The largest absolute Gasteiger partial charge is 0.381 e. The predicted octanol–water partition coefficient (Wildman–Crippen LogP) is -0.0346. The molecule has 2 aliphatic heterocycles. The minimum atomic E-state index is 0.0608. The molecule has 0 radical (unpaired) electrons. The number of ether oxygens (including phenoxy) is 1. The molecule has 0 spiro atoms. The van der Waals surface area contributed by atoms with Crippen LogP contribution in [0.15, 0.2) is 0 Å². The second kappa shape index (κ2) is 5.99. The molecule has 0 unspecified atom stereocenters. The number of carbonyl (C=O) groups excluding carboxylic acids is 1. The monoisotopic (exact) mass is 255 g/mol. The molecule has 2 saturated heterocycles. The fraction of sp³-hybridized carbons (Fsp3) is 0.923. The van der Waals surface area contributed by atoms with E-state index < -0.39 is 0 Å². The zero-order valence-electron chi connectivity index (χ0n) is 11.5. The number of piperazine rings is 1. The Morgan fingerprint density at radius 2 is 2.17 bits per heavy atom. The molecule has 0 aromatic carbocycles. The number of amides is 1. The number of nitrogens with one attached hydrogen (secondary N) is 2. The van der Waals surface area contributed by atoms with Crippen molar-refractivity contribution in [3.05, 3.63) is 0 Å². The molecular formula is C13H25N3O2. The van der Waals surface area contributed by atoms with Crippen LogP contribution in [0.5, 0.6) is 0 Å². The third-order valence-corrected chi connectivity index (χ3v) is 3.89. The van der Waals surface area contributed by atoms with Gasteiger partial charge in [0.1, 0.15) is 0 Å². The second-order valence-corrected chi connectivity index (χ2v) is 5.86. The number of nitrogens with zero attached hydrogens (tertiary/aromatic N) is 1. The number of hydrogen-bond acceptors (Lipinski definition) is 4. The van der Waals surface area contributed by atoms with E-state index in [0.717, 1.165) is 45.7 Å². The summed E-state index contributed by atoms with van der Waals surface area (Å²) in [5, 5.41) is 6.49. The van der Waals surface area contributed by atoms with E-state index in [-0.39, 0.29) is 11.4 Å². The van der Waals surface area contributed by atoms with Crippen molar-refractivity contribution in [3.8, 4) is 0 Å². The summed E-state index contributed by atoms with van der Waals surface area (Å²) in [5.41, 5.74) is 0.0608. The van der Waals surface area contributed by atoms with Crippen LogP contribution in [0.4, 0.5) is 0 Å². The number of rotatable bonds is 3. The van der Waals surface area contributed by atoms with Crippen LogP contribution in [0.1, 0.15) is 26.7 Å². The van der Waals surface area contributed by atoms with E-state index in [1.807, 2.05) is 0 Å². The van der Waals surface area contributed by atoms with Crippen LogP contribution in [-0.4, -0.2) is 61.8 Å². The Kier molecular flexibility index (Phi) is 4.59. The Labute approximate surface area is 109 Å². The Bertz CT molecular complexity index is 288. The highest BCUT2D eigenvalue weighted by Gasteiger charge is 2.31. The van der Waals surface area contributed by atoms with E-state index in [9.17, 15) is 4.79 Å². The molecule has 2 aliphatic rings. The van der Waals surface area contributed by atoms with Crippen LogP contribution in [0, 0.1) is 0 Å². The SMILES string of the molecule is CC1(C)CNCCN1CC(=O)NC1CCOCC1. The van der Waals surface area contributed by atoms with E-state index in [1.54, 1.807) is 0 Å². The molecule has 0 aromatic rings. The predicted molar refractivity (Wildman–Crippen MR) is 70.5 cm³/mol. The maximum atomic E-state index is 12.1.